The van der Waals surface area contributed by atoms with Gasteiger partial charge in [-0.2, -0.15) is 0 Å². The molecular formula is C13H15Br2ClN2O3S. The molecule has 0 aromatic carbocycles. The minimum Gasteiger partial charge on any atom is -0.477 e. The lowest BCUT2D eigenvalue weighted by Crippen LogP contribution is -2.75. The molecule has 9 heteroatoms. The zero-order valence-corrected chi connectivity index (χ0v) is 16.4. The molecule has 1 saturated heterocycles. The molecule has 122 valence electrons. The summed E-state index contributed by atoms with van der Waals surface area (Å²) in [4.78, 5) is 29.9. The predicted molar refractivity (Wildman–Crippen MR) is 96.3 cm³/mol. The Labute approximate surface area is 156 Å². The maximum absolute atomic E-state index is 12.6. The highest BCUT2D eigenvalue weighted by molar-refractivity contribution is 9.10. The number of carbonyl (C=O) groups excluding carboxylic acids is 1. The molecule has 0 radical (unpaired) electrons. The Bertz CT molecular complexity index is 561. The molecule has 0 bridgehead atoms. The number of β-lactam (4-membered cyclic amide) rings is 1. The second-order valence-electron chi connectivity index (χ2n) is 5.27. The largest absolute Gasteiger partial charge is 0.477 e. The molecule has 0 unspecified atom stereocenters. The second kappa shape index (κ2) is 6.83. The minimum atomic E-state index is -1.09. The number of carboxylic acid groups (broad SMARTS) is 1. The third-order valence-electron chi connectivity index (χ3n) is 4.04. The summed E-state index contributed by atoms with van der Waals surface area (Å²) in [5, 5.41) is 8.87. The van der Waals surface area contributed by atoms with Crippen molar-refractivity contribution >= 4 is 73.9 Å². The van der Waals surface area contributed by atoms with Crippen molar-refractivity contribution in [3.05, 3.63) is 11.8 Å². The van der Waals surface area contributed by atoms with Gasteiger partial charge in [0.25, 0.3) is 5.91 Å². The Morgan fingerprint density at radius 1 is 1.55 bits per heavy atom. The van der Waals surface area contributed by atoms with Crippen LogP contribution in [0, 0.1) is 0 Å². The molecule has 1 aliphatic carbocycles. The van der Waals surface area contributed by atoms with Gasteiger partial charge in [0, 0.05) is 11.5 Å². The van der Waals surface area contributed by atoms with Gasteiger partial charge in [0.15, 0.2) is 5.54 Å². The van der Waals surface area contributed by atoms with Crippen molar-refractivity contribution in [2.24, 2.45) is 4.99 Å². The number of amides is 1. The monoisotopic (exact) mass is 472 g/mol. The van der Waals surface area contributed by atoms with E-state index in [1.54, 1.807) is 6.08 Å². The van der Waals surface area contributed by atoms with Crippen molar-refractivity contribution in [1.29, 1.82) is 0 Å². The lowest BCUT2D eigenvalue weighted by molar-refractivity contribution is -0.153. The number of aliphatic carboxylic acids is 1. The number of carboxylic acids is 1. The zero-order chi connectivity index (χ0) is 15.2. The molecule has 22 heavy (non-hydrogen) atoms. The van der Waals surface area contributed by atoms with Gasteiger partial charge < -0.3 is 5.11 Å². The van der Waals surface area contributed by atoms with Gasteiger partial charge in [0.2, 0.25) is 0 Å². The van der Waals surface area contributed by atoms with E-state index in [9.17, 15) is 14.7 Å². The first-order valence-corrected chi connectivity index (χ1v) is 9.13. The second-order valence-corrected chi connectivity index (χ2v) is 8.26. The molecule has 0 aromatic rings. The number of halogens is 3. The SMILES string of the molecule is Br.O=C(O)C1=CCS[C@@H]2N1C(=O)[C@]2(N=C1CCCC1)[C@H](Cl)Br. The molecule has 1 saturated carbocycles. The minimum absolute atomic E-state index is 0. The van der Waals surface area contributed by atoms with E-state index in [-0.39, 0.29) is 34.0 Å². The van der Waals surface area contributed by atoms with Crippen LogP contribution in [0.4, 0.5) is 0 Å². The summed E-state index contributed by atoms with van der Waals surface area (Å²) in [5.41, 5.74) is -0.0307. The smallest absolute Gasteiger partial charge is 0.352 e. The first kappa shape index (κ1) is 18.3. The van der Waals surface area contributed by atoms with Crippen LogP contribution in [-0.4, -0.2) is 48.5 Å². The van der Waals surface area contributed by atoms with E-state index in [1.165, 1.54) is 16.7 Å². The van der Waals surface area contributed by atoms with E-state index in [0.29, 0.717) is 5.75 Å². The average Bonchev–Trinajstić information content (AvgIpc) is 2.95. The third-order valence-corrected chi connectivity index (χ3v) is 6.31. The molecule has 1 amide bonds. The first-order valence-electron chi connectivity index (χ1n) is 6.73. The highest BCUT2D eigenvalue weighted by Crippen LogP contribution is 2.51. The standard InChI is InChI=1S/C13H14BrClN2O3S.BrH/c14-10(15)13(16-7-3-1-2-4-7)11(20)17-8(9(18)19)5-6-21-12(13)17;/h5,10,12H,1-4,6H2,(H,18,19);1H/t10-,12-,13+;/m0./s1. The van der Waals surface area contributed by atoms with Gasteiger partial charge in [-0.05, 0) is 31.8 Å². The molecular weight excluding hydrogens is 459 g/mol. The van der Waals surface area contributed by atoms with Gasteiger partial charge in [-0.3, -0.25) is 14.7 Å². The number of alkyl halides is 2. The summed E-state index contributed by atoms with van der Waals surface area (Å²) in [7, 11) is 0. The van der Waals surface area contributed by atoms with Crippen molar-refractivity contribution in [2.75, 3.05) is 5.75 Å². The Hall–Kier alpha value is -0.0500. The summed E-state index contributed by atoms with van der Waals surface area (Å²) in [6.45, 7) is 0. The number of thioether (sulfide) groups is 1. The van der Waals surface area contributed by atoms with Gasteiger partial charge in [-0.15, -0.1) is 40.3 Å². The quantitative estimate of drug-likeness (QED) is 0.504. The molecule has 3 rings (SSSR count). The lowest BCUT2D eigenvalue weighted by Gasteiger charge is -2.55. The van der Waals surface area contributed by atoms with E-state index in [4.69, 9.17) is 11.6 Å². The van der Waals surface area contributed by atoms with Crippen molar-refractivity contribution in [2.45, 2.75) is 40.9 Å². The Morgan fingerprint density at radius 2 is 2.18 bits per heavy atom. The Kier molecular flexibility index (Phi) is 5.68. The molecule has 0 aromatic heterocycles. The highest BCUT2D eigenvalue weighted by atomic mass is 79.9. The maximum Gasteiger partial charge on any atom is 0.352 e. The fourth-order valence-corrected chi connectivity index (χ4v) is 5.39. The fraction of sp³-hybridized carbons (Fsp3) is 0.615. The van der Waals surface area contributed by atoms with Crippen molar-refractivity contribution in [3.8, 4) is 0 Å². The van der Waals surface area contributed by atoms with Crippen LogP contribution >= 0.6 is 56.3 Å². The molecule has 5 nitrogen and oxygen atoms in total. The van der Waals surface area contributed by atoms with Crippen LogP contribution in [-0.2, 0) is 9.59 Å². The van der Waals surface area contributed by atoms with Crippen LogP contribution in [0.25, 0.3) is 0 Å². The van der Waals surface area contributed by atoms with Crippen molar-refractivity contribution < 1.29 is 14.7 Å². The normalized spacial score (nSPS) is 31.6. The van der Waals surface area contributed by atoms with Crippen molar-refractivity contribution in [3.63, 3.8) is 0 Å². The summed E-state index contributed by atoms with van der Waals surface area (Å²) < 4.78 is -0.646. The number of aliphatic imine (C=N–C) groups is 1. The number of hydrogen-bond donors (Lipinski definition) is 1. The summed E-state index contributed by atoms with van der Waals surface area (Å²) in [6, 6.07) is 0. The van der Waals surface area contributed by atoms with Gasteiger partial charge >= 0.3 is 5.97 Å². The Balaban J connectivity index is 0.00000176. The fourth-order valence-electron chi connectivity index (χ4n) is 2.99. The molecule has 2 aliphatic heterocycles. The van der Waals surface area contributed by atoms with Gasteiger partial charge in [0.1, 0.15) is 15.4 Å². The topological polar surface area (TPSA) is 70.0 Å². The van der Waals surface area contributed by atoms with Crippen LogP contribution < -0.4 is 0 Å². The van der Waals surface area contributed by atoms with Gasteiger partial charge in [-0.1, -0.05) is 15.9 Å². The molecule has 3 aliphatic rings. The van der Waals surface area contributed by atoms with E-state index in [0.717, 1.165) is 31.4 Å². The van der Waals surface area contributed by atoms with Crippen LogP contribution in [0.3, 0.4) is 0 Å². The van der Waals surface area contributed by atoms with E-state index in [1.807, 2.05) is 0 Å². The van der Waals surface area contributed by atoms with Crippen molar-refractivity contribution in [1.82, 2.24) is 4.90 Å². The summed E-state index contributed by atoms with van der Waals surface area (Å²) in [5.74, 6) is -0.875. The van der Waals surface area contributed by atoms with Crippen LogP contribution in [0.15, 0.2) is 16.8 Å². The van der Waals surface area contributed by atoms with Crippen LogP contribution in [0.2, 0.25) is 0 Å². The van der Waals surface area contributed by atoms with Crippen LogP contribution in [0.1, 0.15) is 25.7 Å². The van der Waals surface area contributed by atoms with E-state index in [2.05, 4.69) is 20.9 Å². The average molecular weight is 475 g/mol. The van der Waals surface area contributed by atoms with Gasteiger partial charge in [0.05, 0.1) is 0 Å². The molecule has 0 spiro atoms. The summed E-state index contributed by atoms with van der Waals surface area (Å²) >= 11 is 11.0. The molecule has 1 N–H and O–H groups in total. The van der Waals surface area contributed by atoms with Crippen LogP contribution in [0.5, 0.6) is 0 Å². The molecule has 2 heterocycles. The lowest BCUT2D eigenvalue weighted by atomic mass is 9.89. The molecule has 3 atom stereocenters. The molecule has 2 fully saturated rings. The summed E-state index contributed by atoms with van der Waals surface area (Å²) in [6.07, 6.45) is 5.51. The predicted octanol–water partition coefficient (Wildman–Crippen LogP) is 3.16. The first-order chi connectivity index (χ1) is 9.98. The number of carbonyl (C=O) groups is 2. The zero-order valence-electron chi connectivity index (χ0n) is 11.5. The van der Waals surface area contributed by atoms with E-state index < -0.39 is 15.8 Å². The number of nitrogens with zero attached hydrogens (tertiary/aromatic N) is 2. The highest BCUT2D eigenvalue weighted by Gasteiger charge is 2.67. The van der Waals surface area contributed by atoms with Gasteiger partial charge in [-0.25, -0.2) is 4.79 Å². The number of rotatable bonds is 3. The maximum atomic E-state index is 12.6. The Morgan fingerprint density at radius 3 is 2.73 bits per heavy atom. The number of hydrogen-bond acceptors (Lipinski definition) is 4. The number of fused-ring (bicyclic) bond motifs is 1. The third kappa shape index (κ3) is 2.65. The van der Waals surface area contributed by atoms with E-state index >= 15 is 0 Å².